The second-order valence-electron chi connectivity index (χ2n) is 4.20. The lowest BCUT2D eigenvalue weighted by molar-refractivity contribution is 0.305. The van der Waals surface area contributed by atoms with Crippen LogP contribution in [0.2, 0.25) is 0 Å². The second kappa shape index (κ2) is 5.38. The van der Waals surface area contributed by atoms with Gasteiger partial charge in [0.2, 0.25) is 0 Å². The fraction of sp³-hybridized carbons (Fsp3) is 0.133. The largest absolute Gasteiger partial charge is 0.487 e. The standard InChI is InChI=1S/C15H14N2OS/c16-8-15-17-12(10-19-15)9-18-14-7-3-5-11-4-1-2-6-13(11)14/h1-7,10H,8-9,16H2. The summed E-state index contributed by atoms with van der Waals surface area (Å²) in [6, 6.07) is 14.3. The molecule has 0 unspecified atom stereocenters. The summed E-state index contributed by atoms with van der Waals surface area (Å²) in [6.07, 6.45) is 0. The van der Waals surface area contributed by atoms with E-state index in [4.69, 9.17) is 10.5 Å². The number of fused-ring (bicyclic) bond motifs is 1. The van der Waals surface area contributed by atoms with Crippen LogP contribution < -0.4 is 10.5 Å². The lowest BCUT2D eigenvalue weighted by Gasteiger charge is -2.07. The average molecular weight is 270 g/mol. The van der Waals surface area contributed by atoms with Crippen molar-refractivity contribution in [3.63, 3.8) is 0 Å². The first-order valence-corrected chi connectivity index (χ1v) is 6.98. The van der Waals surface area contributed by atoms with Gasteiger partial charge in [0, 0.05) is 17.3 Å². The summed E-state index contributed by atoms with van der Waals surface area (Å²) in [4.78, 5) is 4.39. The van der Waals surface area contributed by atoms with Crippen molar-refractivity contribution in [3.8, 4) is 5.75 Å². The van der Waals surface area contributed by atoms with Gasteiger partial charge < -0.3 is 10.5 Å². The molecule has 2 aromatic carbocycles. The highest BCUT2D eigenvalue weighted by atomic mass is 32.1. The van der Waals surface area contributed by atoms with E-state index in [2.05, 4.69) is 23.2 Å². The monoisotopic (exact) mass is 270 g/mol. The van der Waals surface area contributed by atoms with Gasteiger partial charge in [0.05, 0.1) is 5.69 Å². The molecule has 0 saturated heterocycles. The summed E-state index contributed by atoms with van der Waals surface area (Å²) in [5, 5.41) is 5.24. The summed E-state index contributed by atoms with van der Waals surface area (Å²) in [5.74, 6) is 0.889. The number of aromatic nitrogens is 1. The highest BCUT2D eigenvalue weighted by Crippen LogP contribution is 2.26. The topological polar surface area (TPSA) is 48.1 Å². The van der Waals surface area contributed by atoms with E-state index in [-0.39, 0.29) is 0 Å². The highest BCUT2D eigenvalue weighted by Gasteiger charge is 2.04. The van der Waals surface area contributed by atoms with E-state index >= 15 is 0 Å². The van der Waals surface area contributed by atoms with Crippen molar-refractivity contribution in [2.45, 2.75) is 13.2 Å². The maximum absolute atomic E-state index is 5.87. The zero-order chi connectivity index (χ0) is 13.1. The molecule has 0 radical (unpaired) electrons. The molecule has 96 valence electrons. The molecule has 0 atom stereocenters. The summed E-state index contributed by atoms with van der Waals surface area (Å²) >= 11 is 1.57. The number of nitrogens with zero attached hydrogens (tertiary/aromatic N) is 1. The number of nitrogens with two attached hydrogens (primary N) is 1. The molecule has 0 amide bonds. The van der Waals surface area contributed by atoms with Crippen molar-refractivity contribution in [1.82, 2.24) is 4.98 Å². The van der Waals surface area contributed by atoms with Crippen molar-refractivity contribution in [2.24, 2.45) is 5.73 Å². The Labute approximate surface area is 115 Å². The first-order chi connectivity index (χ1) is 9.36. The molecule has 0 aliphatic carbocycles. The minimum atomic E-state index is 0.477. The molecule has 0 fully saturated rings. The maximum Gasteiger partial charge on any atom is 0.131 e. The summed E-state index contributed by atoms with van der Waals surface area (Å²) in [6.45, 7) is 0.962. The van der Waals surface area contributed by atoms with Gasteiger partial charge in [0.1, 0.15) is 17.4 Å². The minimum absolute atomic E-state index is 0.477. The van der Waals surface area contributed by atoms with Crippen LogP contribution in [0.3, 0.4) is 0 Å². The third-order valence-corrected chi connectivity index (χ3v) is 3.82. The maximum atomic E-state index is 5.87. The Morgan fingerprint density at radius 3 is 2.79 bits per heavy atom. The fourth-order valence-electron chi connectivity index (χ4n) is 1.98. The minimum Gasteiger partial charge on any atom is -0.487 e. The lowest BCUT2D eigenvalue weighted by atomic mass is 10.1. The molecule has 0 saturated carbocycles. The predicted molar refractivity (Wildman–Crippen MR) is 78.3 cm³/mol. The first kappa shape index (κ1) is 12.1. The van der Waals surface area contributed by atoms with Crippen molar-refractivity contribution < 1.29 is 4.74 Å². The third-order valence-electron chi connectivity index (χ3n) is 2.90. The Morgan fingerprint density at radius 1 is 1.11 bits per heavy atom. The average Bonchev–Trinajstić information content (AvgIpc) is 2.93. The Balaban J connectivity index is 1.81. The molecule has 19 heavy (non-hydrogen) atoms. The zero-order valence-electron chi connectivity index (χ0n) is 10.4. The van der Waals surface area contributed by atoms with E-state index in [1.807, 2.05) is 29.6 Å². The Hall–Kier alpha value is -1.91. The predicted octanol–water partition coefficient (Wildman–Crippen LogP) is 3.33. The SMILES string of the molecule is NCc1nc(COc2cccc3ccccc23)cs1. The molecule has 0 spiro atoms. The quantitative estimate of drug-likeness (QED) is 0.791. The molecule has 3 nitrogen and oxygen atoms in total. The van der Waals surface area contributed by atoms with Crippen molar-refractivity contribution >= 4 is 22.1 Å². The van der Waals surface area contributed by atoms with Gasteiger partial charge in [-0.15, -0.1) is 11.3 Å². The molecule has 0 aliphatic rings. The van der Waals surface area contributed by atoms with Gasteiger partial charge in [0.25, 0.3) is 0 Å². The second-order valence-corrected chi connectivity index (χ2v) is 5.15. The van der Waals surface area contributed by atoms with E-state index in [9.17, 15) is 0 Å². The van der Waals surface area contributed by atoms with Crippen LogP contribution in [0.25, 0.3) is 10.8 Å². The Kier molecular flexibility index (Phi) is 3.44. The molecule has 4 heteroatoms. The number of hydrogen-bond donors (Lipinski definition) is 1. The van der Waals surface area contributed by atoms with E-state index in [1.165, 1.54) is 5.39 Å². The van der Waals surface area contributed by atoms with Crippen LogP contribution >= 0.6 is 11.3 Å². The van der Waals surface area contributed by atoms with E-state index < -0.39 is 0 Å². The van der Waals surface area contributed by atoms with Gasteiger partial charge >= 0.3 is 0 Å². The van der Waals surface area contributed by atoms with Gasteiger partial charge in [-0.05, 0) is 11.5 Å². The normalized spacial score (nSPS) is 10.8. The molecular formula is C15H14N2OS. The molecule has 2 N–H and O–H groups in total. The van der Waals surface area contributed by atoms with Crippen LogP contribution in [0.4, 0.5) is 0 Å². The van der Waals surface area contributed by atoms with Crippen LogP contribution in [0, 0.1) is 0 Å². The van der Waals surface area contributed by atoms with Gasteiger partial charge in [-0.3, -0.25) is 0 Å². The van der Waals surface area contributed by atoms with Crippen LogP contribution in [0.15, 0.2) is 47.8 Å². The smallest absolute Gasteiger partial charge is 0.131 e. The van der Waals surface area contributed by atoms with Gasteiger partial charge in [-0.1, -0.05) is 36.4 Å². The number of ether oxygens (including phenoxy) is 1. The van der Waals surface area contributed by atoms with Gasteiger partial charge in [-0.2, -0.15) is 0 Å². The molecule has 0 bridgehead atoms. The summed E-state index contributed by atoms with van der Waals surface area (Å²) < 4.78 is 5.87. The summed E-state index contributed by atoms with van der Waals surface area (Å²) in [7, 11) is 0. The number of rotatable bonds is 4. The molecule has 1 aromatic heterocycles. The number of hydrogen-bond acceptors (Lipinski definition) is 4. The third kappa shape index (κ3) is 2.59. The molecular weight excluding hydrogens is 256 g/mol. The van der Waals surface area contributed by atoms with Gasteiger partial charge in [0.15, 0.2) is 0 Å². The Bertz CT molecular complexity index is 688. The van der Waals surface area contributed by atoms with Crippen molar-refractivity contribution in [1.29, 1.82) is 0 Å². The molecule has 3 rings (SSSR count). The van der Waals surface area contributed by atoms with Crippen molar-refractivity contribution in [3.05, 3.63) is 58.5 Å². The molecule has 1 heterocycles. The molecule has 3 aromatic rings. The van der Waals surface area contributed by atoms with Crippen LogP contribution in [0.5, 0.6) is 5.75 Å². The van der Waals surface area contributed by atoms with Crippen LogP contribution in [-0.2, 0) is 13.2 Å². The number of benzene rings is 2. The van der Waals surface area contributed by atoms with Crippen LogP contribution in [-0.4, -0.2) is 4.98 Å². The highest BCUT2D eigenvalue weighted by molar-refractivity contribution is 7.09. The number of thiazole rings is 1. The van der Waals surface area contributed by atoms with E-state index in [0.717, 1.165) is 21.8 Å². The van der Waals surface area contributed by atoms with Crippen LogP contribution in [0.1, 0.15) is 10.7 Å². The molecule has 0 aliphatic heterocycles. The first-order valence-electron chi connectivity index (χ1n) is 6.11. The fourth-order valence-corrected chi connectivity index (χ4v) is 2.64. The Morgan fingerprint density at radius 2 is 1.95 bits per heavy atom. The van der Waals surface area contributed by atoms with Gasteiger partial charge in [-0.25, -0.2) is 4.98 Å². The summed E-state index contributed by atoms with van der Waals surface area (Å²) in [5.41, 5.74) is 6.48. The lowest BCUT2D eigenvalue weighted by Crippen LogP contribution is -1.99. The van der Waals surface area contributed by atoms with E-state index in [0.29, 0.717) is 13.2 Å². The van der Waals surface area contributed by atoms with Crippen molar-refractivity contribution in [2.75, 3.05) is 0 Å². The zero-order valence-corrected chi connectivity index (χ0v) is 11.2. The van der Waals surface area contributed by atoms with E-state index in [1.54, 1.807) is 11.3 Å².